The van der Waals surface area contributed by atoms with E-state index in [9.17, 15) is 0 Å². The second kappa shape index (κ2) is 5.98. The van der Waals surface area contributed by atoms with E-state index in [4.69, 9.17) is 0 Å². The minimum absolute atomic E-state index is 0.552. The average molecular weight is 271 g/mol. The lowest BCUT2D eigenvalue weighted by Gasteiger charge is -2.36. The summed E-state index contributed by atoms with van der Waals surface area (Å²) in [4.78, 5) is 5.93. The van der Waals surface area contributed by atoms with Crippen molar-refractivity contribution in [2.45, 2.75) is 26.3 Å². The second-order valence-electron chi connectivity index (χ2n) is 6.26. The third kappa shape index (κ3) is 2.89. The van der Waals surface area contributed by atoms with Crippen molar-refractivity contribution in [1.29, 1.82) is 0 Å². The first-order chi connectivity index (χ1) is 9.74. The Morgan fingerprint density at radius 2 is 1.95 bits per heavy atom. The van der Waals surface area contributed by atoms with Crippen LogP contribution in [0.25, 0.3) is 10.9 Å². The summed E-state index contributed by atoms with van der Waals surface area (Å²) in [6.45, 7) is 9.18. The Labute approximate surface area is 121 Å². The summed E-state index contributed by atoms with van der Waals surface area (Å²) in [7, 11) is 0. The molecule has 1 aromatic heterocycles. The third-order valence-electron chi connectivity index (χ3n) is 4.25. The van der Waals surface area contributed by atoms with Gasteiger partial charge in [-0.15, -0.1) is 0 Å². The van der Waals surface area contributed by atoms with Crippen molar-refractivity contribution >= 4 is 10.9 Å². The van der Waals surface area contributed by atoms with Gasteiger partial charge in [0.25, 0.3) is 0 Å². The lowest BCUT2D eigenvalue weighted by Crippen LogP contribution is -2.45. The molecule has 3 heteroatoms. The number of nitrogens with zero attached hydrogens (tertiary/aromatic N) is 1. The Bertz CT molecular complexity index is 552. The molecule has 1 atom stereocenters. The van der Waals surface area contributed by atoms with E-state index in [0.717, 1.165) is 32.1 Å². The van der Waals surface area contributed by atoms with Crippen LogP contribution in [0.15, 0.2) is 30.5 Å². The second-order valence-corrected chi connectivity index (χ2v) is 6.26. The van der Waals surface area contributed by atoms with E-state index in [1.807, 2.05) is 6.20 Å². The van der Waals surface area contributed by atoms with Gasteiger partial charge in [0, 0.05) is 43.9 Å². The lowest BCUT2D eigenvalue weighted by molar-refractivity contribution is 0.154. The van der Waals surface area contributed by atoms with Gasteiger partial charge in [0.2, 0.25) is 0 Å². The Balaban J connectivity index is 1.89. The number of hydrogen-bond donors (Lipinski definition) is 2. The summed E-state index contributed by atoms with van der Waals surface area (Å²) >= 11 is 0. The molecule has 0 radical (unpaired) electrons. The number of rotatable bonds is 4. The predicted molar refractivity (Wildman–Crippen MR) is 84.9 cm³/mol. The first-order valence-corrected chi connectivity index (χ1v) is 7.76. The molecular weight excluding hydrogens is 246 g/mol. The van der Waals surface area contributed by atoms with E-state index in [1.54, 1.807) is 0 Å². The number of benzene rings is 1. The zero-order chi connectivity index (χ0) is 13.9. The Hall–Kier alpha value is -1.32. The van der Waals surface area contributed by atoms with Crippen LogP contribution in [0.2, 0.25) is 0 Å². The van der Waals surface area contributed by atoms with Gasteiger partial charge < -0.3 is 10.3 Å². The average Bonchev–Trinajstić information content (AvgIpc) is 2.93. The summed E-state index contributed by atoms with van der Waals surface area (Å²) in [5.74, 6) is 0.719. The van der Waals surface area contributed by atoms with Gasteiger partial charge in [-0.1, -0.05) is 19.9 Å². The molecule has 2 heterocycles. The highest BCUT2D eigenvalue weighted by molar-refractivity contribution is 5.80. The van der Waals surface area contributed by atoms with E-state index >= 15 is 0 Å². The Morgan fingerprint density at radius 3 is 2.70 bits per heavy atom. The highest BCUT2D eigenvalue weighted by Crippen LogP contribution is 2.30. The minimum atomic E-state index is 0.552. The minimum Gasteiger partial charge on any atom is -0.361 e. The van der Waals surface area contributed by atoms with E-state index < -0.39 is 0 Å². The number of H-pyrrole nitrogens is 1. The summed E-state index contributed by atoms with van der Waals surface area (Å²) in [6.07, 6.45) is 3.26. The van der Waals surface area contributed by atoms with E-state index in [0.29, 0.717) is 6.04 Å². The van der Waals surface area contributed by atoms with Crippen LogP contribution in [0.1, 0.15) is 31.9 Å². The number of aromatic nitrogens is 1. The zero-order valence-electron chi connectivity index (χ0n) is 12.5. The standard InChI is InChI=1S/C17H25N3/c1-13(2)11-17(20-9-7-18-8-10-20)15-3-4-16-14(12-15)5-6-19-16/h3-6,12-13,17-19H,7-11H2,1-2H3/t17-/m0/s1. The number of fused-ring (bicyclic) bond motifs is 1. The molecule has 3 rings (SSSR count). The molecule has 0 spiro atoms. The van der Waals surface area contributed by atoms with Gasteiger partial charge in [0.05, 0.1) is 0 Å². The van der Waals surface area contributed by atoms with Gasteiger partial charge in [-0.3, -0.25) is 4.90 Å². The molecular formula is C17H25N3. The maximum Gasteiger partial charge on any atom is 0.0454 e. The van der Waals surface area contributed by atoms with Crippen molar-refractivity contribution < 1.29 is 0 Å². The first kappa shape index (κ1) is 13.7. The van der Waals surface area contributed by atoms with Crippen LogP contribution in [0.5, 0.6) is 0 Å². The molecule has 2 aromatic rings. The summed E-state index contributed by atoms with van der Waals surface area (Å²) in [5.41, 5.74) is 2.70. The van der Waals surface area contributed by atoms with Crippen LogP contribution in [0.3, 0.4) is 0 Å². The highest BCUT2D eigenvalue weighted by atomic mass is 15.2. The van der Waals surface area contributed by atoms with Crippen molar-refractivity contribution in [2.24, 2.45) is 5.92 Å². The predicted octanol–water partition coefficient (Wildman–Crippen LogP) is 3.16. The maximum atomic E-state index is 3.45. The summed E-state index contributed by atoms with van der Waals surface area (Å²) < 4.78 is 0. The van der Waals surface area contributed by atoms with Crippen LogP contribution in [0, 0.1) is 5.92 Å². The number of hydrogen-bond acceptors (Lipinski definition) is 2. The molecule has 1 aliphatic heterocycles. The normalized spacial score (nSPS) is 18.8. The molecule has 1 fully saturated rings. The fourth-order valence-electron chi connectivity index (χ4n) is 3.22. The van der Waals surface area contributed by atoms with E-state index in [2.05, 4.69) is 53.3 Å². The molecule has 0 aliphatic carbocycles. The molecule has 1 aromatic carbocycles. The van der Waals surface area contributed by atoms with Crippen molar-refractivity contribution in [2.75, 3.05) is 26.2 Å². The van der Waals surface area contributed by atoms with Gasteiger partial charge in [-0.2, -0.15) is 0 Å². The molecule has 108 valence electrons. The quantitative estimate of drug-likeness (QED) is 0.895. The molecule has 2 N–H and O–H groups in total. The fraction of sp³-hybridized carbons (Fsp3) is 0.529. The zero-order valence-corrected chi connectivity index (χ0v) is 12.5. The largest absolute Gasteiger partial charge is 0.361 e. The Kier molecular flexibility index (Phi) is 4.08. The number of nitrogens with one attached hydrogen (secondary N) is 2. The van der Waals surface area contributed by atoms with Crippen LogP contribution < -0.4 is 5.32 Å². The monoisotopic (exact) mass is 271 g/mol. The van der Waals surface area contributed by atoms with Crippen molar-refractivity contribution in [3.63, 3.8) is 0 Å². The van der Waals surface area contributed by atoms with Crippen molar-refractivity contribution in [3.8, 4) is 0 Å². The summed E-state index contributed by atoms with van der Waals surface area (Å²) in [6, 6.07) is 9.61. The molecule has 0 amide bonds. The van der Waals surface area contributed by atoms with Gasteiger partial charge in [-0.25, -0.2) is 0 Å². The van der Waals surface area contributed by atoms with Gasteiger partial charge in [-0.05, 0) is 41.5 Å². The Morgan fingerprint density at radius 1 is 1.15 bits per heavy atom. The molecule has 0 unspecified atom stereocenters. The third-order valence-corrected chi connectivity index (χ3v) is 4.25. The fourth-order valence-corrected chi connectivity index (χ4v) is 3.22. The van der Waals surface area contributed by atoms with Gasteiger partial charge >= 0.3 is 0 Å². The summed E-state index contributed by atoms with van der Waals surface area (Å²) in [5, 5.41) is 4.78. The van der Waals surface area contributed by atoms with Crippen molar-refractivity contribution in [1.82, 2.24) is 15.2 Å². The number of piperazine rings is 1. The van der Waals surface area contributed by atoms with Crippen LogP contribution in [-0.2, 0) is 0 Å². The van der Waals surface area contributed by atoms with E-state index in [-0.39, 0.29) is 0 Å². The lowest BCUT2D eigenvalue weighted by atomic mass is 9.94. The SMILES string of the molecule is CC(C)C[C@@H](c1ccc2[nH]ccc2c1)N1CCNCC1. The van der Waals surface area contributed by atoms with Crippen LogP contribution in [0.4, 0.5) is 0 Å². The molecule has 0 bridgehead atoms. The van der Waals surface area contributed by atoms with Crippen LogP contribution >= 0.6 is 0 Å². The number of aromatic amines is 1. The maximum absolute atomic E-state index is 3.45. The van der Waals surface area contributed by atoms with Gasteiger partial charge in [0.15, 0.2) is 0 Å². The first-order valence-electron chi connectivity index (χ1n) is 7.76. The van der Waals surface area contributed by atoms with Gasteiger partial charge in [0.1, 0.15) is 0 Å². The van der Waals surface area contributed by atoms with E-state index in [1.165, 1.54) is 22.9 Å². The van der Waals surface area contributed by atoms with Crippen molar-refractivity contribution in [3.05, 3.63) is 36.0 Å². The molecule has 3 nitrogen and oxygen atoms in total. The highest BCUT2D eigenvalue weighted by Gasteiger charge is 2.23. The molecule has 1 aliphatic rings. The van der Waals surface area contributed by atoms with Crippen LogP contribution in [-0.4, -0.2) is 36.1 Å². The molecule has 1 saturated heterocycles. The topological polar surface area (TPSA) is 31.1 Å². The molecule has 20 heavy (non-hydrogen) atoms. The molecule has 0 saturated carbocycles. The smallest absolute Gasteiger partial charge is 0.0454 e.